The third-order valence-electron chi connectivity index (χ3n) is 4.34. The number of benzene rings is 1. The Kier molecular flexibility index (Phi) is 5.76. The molecule has 1 amide bonds. The molecule has 1 aliphatic rings. The molecular formula is C17H27N3O. The normalized spacial score (nSPS) is 21.7. The van der Waals surface area contributed by atoms with E-state index in [9.17, 15) is 4.79 Å². The minimum absolute atomic E-state index is 0.0754. The van der Waals surface area contributed by atoms with Gasteiger partial charge in [-0.05, 0) is 50.0 Å². The van der Waals surface area contributed by atoms with E-state index in [2.05, 4.69) is 36.2 Å². The summed E-state index contributed by atoms with van der Waals surface area (Å²) in [4.78, 5) is 14.6. The molecule has 116 valence electrons. The fourth-order valence-corrected chi connectivity index (χ4v) is 2.95. The summed E-state index contributed by atoms with van der Waals surface area (Å²) < 4.78 is 0. The highest BCUT2D eigenvalue weighted by Gasteiger charge is 2.27. The summed E-state index contributed by atoms with van der Waals surface area (Å²) in [5, 5.41) is 3.04. The Bertz CT molecular complexity index is 471. The maximum absolute atomic E-state index is 12.2. The lowest BCUT2D eigenvalue weighted by Crippen LogP contribution is -2.24. The van der Waals surface area contributed by atoms with Crippen LogP contribution in [0.2, 0.25) is 0 Å². The number of amides is 1. The number of anilines is 1. The summed E-state index contributed by atoms with van der Waals surface area (Å²) in [6.07, 6.45) is 2.68. The van der Waals surface area contributed by atoms with E-state index in [1.165, 1.54) is 5.56 Å². The average Bonchev–Trinajstić information content (AvgIpc) is 2.92. The Morgan fingerprint density at radius 1 is 1.33 bits per heavy atom. The van der Waals surface area contributed by atoms with E-state index in [1.807, 2.05) is 12.1 Å². The predicted octanol–water partition coefficient (Wildman–Crippen LogP) is 2.59. The van der Waals surface area contributed by atoms with Crippen LogP contribution in [0, 0.1) is 5.92 Å². The highest BCUT2D eigenvalue weighted by molar-refractivity contribution is 5.92. The van der Waals surface area contributed by atoms with E-state index < -0.39 is 0 Å². The molecule has 1 aromatic rings. The van der Waals surface area contributed by atoms with Crippen LogP contribution in [0.5, 0.6) is 0 Å². The molecule has 0 saturated heterocycles. The van der Waals surface area contributed by atoms with Gasteiger partial charge in [0.25, 0.3) is 0 Å². The minimum Gasteiger partial charge on any atom is -0.328 e. The van der Waals surface area contributed by atoms with Crippen LogP contribution in [0.25, 0.3) is 0 Å². The van der Waals surface area contributed by atoms with Crippen LogP contribution in [-0.4, -0.2) is 29.9 Å². The Morgan fingerprint density at radius 2 is 2.10 bits per heavy atom. The van der Waals surface area contributed by atoms with Crippen LogP contribution < -0.4 is 11.1 Å². The van der Waals surface area contributed by atoms with E-state index in [0.717, 1.165) is 44.6 Å². The zero-order valence-corrected chi connectivity index (χ0v) is 13.1. The maximum atomic E-state index is 12.2. The number of nitrogens with two attached hydrogens (primary N) is 1. The maximum Gasteiger partial charge on any atom is 0.227 e. The zero-order valence-electron chi connectivity index (χ0n) is 13.1. The molecule has 1 saturated carbocycles. The van der Waals surface area contributed by atoms with Gasteiger partial charge in [-0.15, -0.1) is 0 Å². The number of carbonyl (C=O) groups excluding carboxylic acids is 1. The zero-order chi connectivity index (χ0) is 15.2. The molecule has 0 aromatic heterocycles. The van der Waals surface area contributed by atoms with E-state index in [0.29, 0.717) is 0 Å². The lowest BCUT2D eigenvalue weighted by atomic mass is 10.1. The summed E-state index contributed by atoms with van der Waals surface area (Å²) in [5.74, 6) is 0.189. The number of hydrogen-bond acceptors (Lipinski definition) is 3. The predicted molar refractivity (Wildman–Crippen MR) is 87.0 cm³/mol. The van der Waals surface area contributed by atoms with Gasteiger partial charge in [-0.1, -0.05) is 26.0 Å². The molecule has 2 atom stereocenters. The molecule has 0 radical (unpaired) electrons. The first-order valence-corrected chi connectivity index (χ1v) is 8.00. The summed E-state index contributed by atoms with van der Waals surface area (Å²) in [5.41, 5.74) is 8.01. The Morgan fingerprint density at radius 3 is 2.71 bits per heavy atom. The Labute approximate surface area is 127 Å². The van der Waals surface area contributed by atoms with Gasteiger partial charge in [0.15, 0.2) is 0 Å². The molecule has 1 aliphatic carbocycles. The first-order chi connectivity index (χ1) is 10.1. The van der Waals surface area contributed by atoms with Crippen molar-refractivity contribution < 1.29 is 4.79 Å². The van der Waals surface area contributed by atoms with Gasteiger partial charge >= 0.3 is 0 Å². The number of hydrogen-bond donors (Lipinski definition) is 2. The van der Waals surface area contributed by atoms with Gasteiger partial charge in [0.1, 0.15) is 0 Å². The lowest BCUT2D eigenvalue weighted by molar-refractivity contribution is -0.119. The lowest BCUT2D eigenvalue weighted by Gasteiger charge is -2.18. The molecule has 0 bridgehead atoms. The topological polar surface area (TPSA) is 58.4 Å². The molecule has 2 rings (SSSR count). The molecule has 1 aromatic carbocycles. The van der Waals surface area contributed by atoms with E-state index in [1.54, 1.807) is 0 Å². The second kappa shape index (κ2) is 7.57. The fourth-order valence-electron chi connectivity index (χ4n) is 2.95. The van der Waals surface area contributed by atoms with Gasteiger partial charge in [0, 0.05) is 24.2 Å². The molecule has 0 heterocycles. The van der Waals surface area contributed by atoms with Crippen molar-refractivity contribution in [3.63, 3.8) is 0 Å². The second-order valence-electron chi connectivity index (χ2n) is 5.92. The van der Waals surface area contributed by atoms with E-state index in [4.69, 9.17) is 5.73 Å². The van der Waals surface area contributed by atoms with Crippen molar-refractivity contribution in [2.75, 3.05) is 18.4 Å². The van der Waals surface area contributed by atoms with Gasteiger partial charge in [0.2, 0.25) is 5.91 Å². The standard InChI is InChI=1S/C17H27N3O/c1-3-20(4-2)12-13-6-5-7-16(10-13)19-17(21)14-8-9-15(18)11-14/h5-7,10,14-15H,3-4,8-9,11-12,18H2,1-2H3,(H,19,21). The van der Waals surface area contributed by atoms with Crippen molar-refractivity contribution in [3.8, 4) is 0 Å². The summed E-state index contributed by atoms with van der Waals surface area (Å²) in [7, 11) is 0. The van der Waals surface area contributed by atoms with Crippen molar-refractivity contribution in [1.82, 2.24) is 4.90 Å². The average molecular weight is 289 g/mol. The first-order valence-electron chi connectivity index (χ1n) is 8.00. The number of carbonyl (C=O) groups is 1. The fraction of sp³-hybridized carbons (Fsp3) is 0.588. The van der Waals surface area contributed by atoms with Gasteiger partial charge in [-0.2, -0.15) is 0 Å². The van der Waals surface area contributed by atoms with Gasteiger partial charge < -0.3 is 11.1 Å². The van der Waals surface area contributed by atoms with Crippen LogP contribution in [-0.2, 0) is 11.3 Å². The quantitative estimate of drug-likeness (QED) is 0.846. The van der Waals surface area contributed by atoms with Gasteiger partial charge in [-0.3, -0.25) is 9.69 Å². The molecule has 21 heavy (non-hydrogen) atoms. The van der Waals surface area contributed by atoms with Crippen LogP contribution in [0.15, 0.2) is 24.3 Å². The molecule has 1 fully saturated rings. The second-order valence-corrected chi connectivity index (χ2v) is 5.92. The summed E-state index contributed by atoms with van der Waals surface area (Å²) in [6, 6.07) is 8.34. The largest absolute Gasteiger partial charge is 0.328 e. The highest BCUT2D eigenvalue weighted by Crippen LogP contribution is 2.25. The SMILES string of the molecule is CCN(CC)Cc1cccc(NC(=O)C2CCC(N)C2)c1. The first kappa shape index (κ1) is 16.0. The molecule has 4 nitrogen and oxygen atoms in total. The Balaban J connectivity index is 1.95. The number of nitrogens with zero attached hydrogens (tertiary/aromatic N) is 1. The summed E-state index contributed by atoms with van der Waals surface area (Å²) >= 11 is 0. The van der Waals surface area contributed by atoms with Crippen LogP contribution in [0.4, 0.5) is 5.69 Å². The summed E-state index contributed by atoms with van der Waals surface area (Å²) in [6.45, 7) is 7.32. The van der Waals surface area contributed by atoms with Crippen LogP contribution >= 0.6 is 0 Å². The number of nitrogens with one attached hydrogen (secondary N) is 1. The van der Waals surface area contributed by atoms with Gasteiger partial charge in [0.05, 0.1) is 0 Å². The molecule has 3 N–H and O–H groups in total. The van der Waals surface area contributed by atoms with Crippen molar-refractivity contribution in [3.05, 3.63) is 29.8 Å². The third kappa shape index (κ3) is 4.55. The molecular weight excluding hydrogens is 262 g/mol. The monoisotopic (exact) mass is 289 g/mol. The smallest absolute Gasteiger partial charge is 0.227 e. The number of rotatable bonds is 6. The molecule has 0 spiro atoms. The van der Waals surface area contributed by atoms with Crippen molar-refractivity contribution in [2.45, 2.75) is 45.7 Å². The molecule has 2 unspecified atom stereocenters. The third-order valence-corrected chi connectivity index (χ3v) is 4.34. The Hall–Kier alpha value is -1.39. The van der Waals surface area contributed by atoms with Gasteiger partial charge in [-0.25, -0.2) is 0 Å². The van der Waals surface area contributed by atoms with Crippen molar-refractivity contribution in [2.24, 2.45) is 11.7 Å². The van der Waals surface area contributed by atoms with E-state index in [-0.39, 0.29) is 17.9 Å². The van der Waals surface area contributed by atoms with Crippen LogP contribution in [0.3, 0.4) is 0 Å². The highest BCUT2D eigenvalue weighted by atomic mass is 16.1. The van der Waals surface area contributed by atoms with Crippen LogP contribution in [0.1, 0.15) is 38.7 Å². The minimum atomic E-state index is 0.0754. The molecule has 0 aliphatic heterocycles. The molecule has 4 heteroatoms. The van der Waals surface area contributed by atoms with Crippen molar-refractivity contribution in [1.29, 1.82) is 0 Å². The van der Waals surface area contributed by atoms with E-state index >= 15 is 0 Å². The van der Waals surface area contributed by atoms with Crippen molar-refractivity contribution >= 4 is 11.6 Å².